The topological polar surface area (TPSA) is 89.8 Å². The van der Waals surface area contributed by atoms with Crippen LogP contribution in [-0.4, -0.2) is 25.9 Å². The molecule has 0 atom stereocenters. The maximum atomic E-state index is 12.6. The van der Waals surface area contributed by atoms with Gasteiger partial charge in [0.1, 0.15) is 5.01 Å². The number of para-hydroxylation sites is 1. The van der Waals surface area contributed by atoms with E-state index in [0.29, 0.717) is 16.7 Å². The number of hydrogen-bond donors (Lipinski definition) is 1. The van der Waals surface area contributed by atoms with Crippen molar-refractivity contribution in [3.8, 4) is 5.69 Å². The summed E-state index contributed by atoms with van der Waals surface area (Å²) in [7, 11) is 0. The number of carbonyl (C=O) groups is 1. The summed E-state index contributed by atoms with van der Waals surface area (Å²) in [6.07, 6.45) is 1.92. The van der Waals surface area contributed by atoms with Crippen LogP contribution in [0.4, 0.5) is 5.13 Å². The first-order chi connectivity index (χ1) is 13.0. The quantitative estimate of drug-likeness (QED) is 0.703. The highest BCUT2D eigenvalue weighted by Gasteiger charge is 2.19. The van der Waals surface area contributed by atoms with Gasteiger partial charge >= 0.3 is 0 Å². The van der Waals surface area contributed by atoms with E-state index in [1.165, 1.54) is 17.4 Å². The number of amides is 1. The smallest absolute Gasteiger partial charge is 0.282 e. The molecule has 3 rings (SSSR count). The normalized spacial score (nSPS) is 11.0. The van der Waals surface area contributed by atoms with Crippen molar-refractivity contribution in [3.05, 3.63) is 63.0 Å². The molecule has 27 heavy (non-hydrogen) atoms. The van der Waals surface area contributed by atoms with Crippen LogP contribution in [-0.2, 0) is 0 Å². The molecule has 1 N–H and O–H groups in total. The van der Waals surface area contributed by atoms with Crippen LogP contribution in [0.15, 0.2) is 41.2 Å². The zero-order chi connectivity index (χ0) is 19.4. The summed E-state index contributed by atoms with van der Waals surface area (Å²) in [4.78, 5) is 24.9. The lowest BCUT2D eigenvalue weighted by molar-refractivity contribution is 0.101. The minimum absolute atomic E-state index is 0.177. The van der Waals surface area contributed by atoms with E-state index in [1.54, 1.807) is 11.6 Å². The number of benzene rings is 1. The Morgan fingerprint density at radius 1 is 1.19 bits per heavy atom. The minimum atomic E-state index is -0.586. The van der Waals surface area contributed by atoms with E-state index in [0.717, 1.165) is 23.5 Å². The Morgan fingerprint density at radius 2 is 1.89 bits per heavy atom. The molecular weight excluding hydrogens is 362 g/mol. The van der Waals surface area contributed by atoms with Gasteiger partial charge in [-0.25, -0.2) is 4.68 Å². The SMILES string of the molecule is CCC(CC)c1nnc(NC(=O)c2nn(-c3ccccc3)c(C)cc2=O)s1. The van der Waals surface area contributed by atoms with E-state index in [2.05, 4.69) is 34.5 Å². The molecule has 140 valence electrons. The molecule has 2 heterocycles. The van der Waals surface area contributed by atoms with E-state index in [-0.39, 0.29) is 5.69 Å². The molecule has 0 spiro atoms. The average Bonchev–Trinajstić information content (AvgIpc) is 3.11. The zero-order valence-corrected chi connectivity index (χ0v) is 16.3. The lowest BCUT2D eigenvalue weighted by Gasteiger charge is -2.10. The van der Waals surface area contributed by atoms with Gasteiger partial charge in [0.2, 0.25) is 10.6 Å². The van der Waals surface area contributed by atoms with Crippen LogP contribution in [0.2, 0.25) is 0 Å². The third kappa shape index (κ3) is 4.11. The molecule has 0 saturated carbocycles. The van der Waals surface area contributed by atoms with E-state index in [1.807, 2.05) is 30.3 Å². The summed E-state index contributed by atoms with van der Waals surface area (Å²) in [6, 6.07) is 10.8. The molecule has 0 saturated heterocycles. The second kappa shape index (κ2) is 8.22. The van der Waals surface area contributed by atoms with Crippen molar-refractivity contribution >= 4 is 22.4 Å². The lowest BCUT2D eigenvalue weighted by atomic mass is 10.1. The molecule has 3 aromatic rings. The van der Waals surface area contributed by atoms with Crippen LogP contribution in [0.3, 0.4) is 0 Å². The second-order valence-corrected chi connectivity index (χ2v) is 7.17. The fraction of sp³-hybridized carbons (Fsp3) is 0.316. The van der Waals surface area contributed by atoms with E-state index in [9.17, 15) is 9.59 Å². The Balaban J connectivity index is 1.88. The van der Waals surface area contributed by atoms with E-state index in [4.69, 9.17) is 0 Å². The predicted molar refractivity (Wildman–Crippen MR) is 106 cm³/mol. The largest absolute Gasteiger partial charge is 0.295 e. The zero-order valence-electron chi connectivity index (χ0n) is 15.5. The summed E-state index contributed by atoms with van der Waals surface area (Å²) >= 11 is 1.33. The maximum absolute atomic E-state index is 12.6. The molecule has 8 heteroatoms. The van der Waals surface area contributed by atoms with Gasteiger partial charge in [0.05, 0.1) is 5.69 Å². The number of nitrogens with one attached hydrogen (secondary N) is 1. The molecule has 0 radical (unpaired) electrons. The third-order valence-corrected chi connectivity index (χ3v) is 5.32. The molecule has 0 bridgehead atoms. The molecule has 0 fully saturated rings. The number of aromatic nitrogens is 4. The fourth-order valence-electron chi connectivity index (χ4n) is 2.78. The molecule has 1 amide bonds. The van der Waals surface area contributed by atoms with Gasteiger partial charge in [-0.05, 0) is 31.9 Å². The van der Waals surface area contributed by atoms with Gasteiger partial charge in [0.25, 0.3) is 5.91 Å². The lowest BCUT2D eigenvalue weighted by Crippen LogP contribution is -2.26. The molecule has 0 unspecified atom stereocenters. The second-order valence-electron chi connectivity index (χ2n) is 6.16. The molecule has 1 aromatic carbocycles. The first-order valence-corrected chi connectivity index (χ1v) is 9.66. The van der Waals surface area contributed by atoms with Crippen molar-refractivity contribution < 1.29 is 4.79 Å². The fourth-order valence-corrected chi connectivity index (χ4v) is 3.78. The van der Waals surface area contributed by atoms with Crippen LogP contribution in [0.25, 0.3) is 5.69 Å². The van der Waals surface area contributed by atoms with Crippen LogP contribution in [0.5, 0.6) is 0 Å². The average molecular weight is 383 g/mol. The highest BCUT2D eigenvalue weighted by Crippen LogP contribution is 2.28. The van der Waals surface area contributed by atoms with Crippen molar-refractivity contribution in [3.63, 3.8) is 0 Å². The van der Waals surface area contributed by atoms with Crippen molar-refractivity contribution in [2.24, 2.45) is 0 Å². The Morgan fingerprint density at radius 3 is 2.56 bits per heavy atom. The van der Waals surface area contributed by atoms with Crippen LogP contribution < -0.4 is 10.7 Å². The molecule has 0 aliphatic carbocycles. The number of anilines is 1. The van der Waals surface area contributed by atoms with Gasteiger partial charge in [-0.3, -0.25) is 14.9 Å². The van der Waals surface area contributed by atoms with Gasteiger partial charge in [-0.2, -0.15) is 5.10 Å². The summed E-state index contributed by atoms with van der Waals surface area (Å²) in [6.45, 7) is 5.96. The first-order valence-electron chi connectivity index (χ1n) is 8.84. The molecule has 2 aromatic heterocycles. The number of hydrogen-bond acceptors (Lipinski definition) is 6. The highest BCUT2D eigenvalue weighted by molar-refractivity contribution is 7.15. The van der Waals surface area contributed by atoms with Gasteiger partial charge in [-0.15, -0.1) is 10.2 Å². The first kappa shape index (κ1) is 18.9. The number of aryl methyl sites for hydroxylation is 1. The van der Waals surface area contributed by atoms with Crippen LogP contribution in [0.1, 0.15) is 53.8 Å². The Labute approximate surface area is 161 Å². The summed E-state index contributed by atoms with van der Waals surface area (Å²) in [5.74, 6) is -0.266. The maximum Gasteiger partial charge on any atom is 0.282 e. The highest BCUT2D eigenvalue weighted by atomic mass is 32.1. The van der Waals surface area contributed by atoms with Gasteiger partial charge in [-0.1, -0.05) is 43.4 Å². The van der Waals surface area contributed by atoms with E-state index < -0.39 is 11.3 Å². The van der Waals surface area contributed by atoms with Crippen molar-refractivity contribution in [2.45, 2.75) is 39.5 Å². The minimum Gasteiger partial charge on any atom is -0.295 e. The molecule has 7 nitrogen and oxygen atoms in total. The molecular formula is C19H21N5O2S. The third-order valence-electron chi connectivity index (χ3n) is 4.32. The Hall–Kier alpha value is -2.87. The van der Waals surface area contributed by atoms with Crippen molar-refractivity contribution in [2.75, 3.05) is 5.32 Å². The summed E-state index contributed by atoms with van der Waals surface area (Å²) in [5.41, 5.74) is 0.816. The van der Waals surface area contributed by atoms with Crippen LogP contribution >= 0.6 is 11.3 Å². The van der Waals surface area contributed by atoms with Crippen molar-refractivity contribution in [1.29, 1.82) is 0 Å². The number of nitrogens with zero attached hydrogens (tertiary/aromatic N) is 4. The van der Waals surface area contributed by atoms with Gasteiger partial charge in [0, 0.05) is 17.7 Å². The monoisotopic (exact) mass is 383 g/mol. The standard InChI is InChI=1S/C19H21N5O2S/c1-4-13(5-2)18-21-22-19(27-18)20-17(26)16-15(25)11-12(3)24(23-16)14-9-7-6-8-10-14/h6-11,13H,4-5H2,1-3H3,(H,20,22,26). The van der Waals surface area contributed by atoms with Gasteiger partial charge < -0.3 is 0 Å². The van der Waals surface area contributed by atoms with Gasteiger partial charge in [0.15, 0.2) is 5.69 Å². The number of rotatable bonds is 6. The summed E-state index contributed by atoms with van der Waals surface area (Å²) in [5, 5.41) is 16.3. The molecule has 0 aliphatic heterocycles. The predicted octanol–water partition coefficient (Wildman–Crippen LogP) is 3.55. The molecule has 0 aliphatic rings. The Bertz CT molecular complexity index is 993. The Kier molecular flexibility index (Phi) is 5.75. The summed E-state index contributed by atoms with van der Waals surface area (Å²) < 4.78 is 1.58. The number of carbonyl (C=O) groups excluding carboxylic acids is 1. The van der Waals surface area contributed by atoms with Crippen molar-refractivity contribution in [1.82, 2.24) is 20.0 Å². The van der Waals surface area contributed by atoms with E-state index >= 15 is 0 Å². The van der Waals surface area contributed by atoms with Crippen LogP contribution in [0, 0.1) is 6.92 Å².